The predicted octanol–water partition coefficient (Wildman–Crippen LogP) is -0.0125. The molecule has 0 rings (SSSR count). The minimum atomic E-state index is 0. The van der Waals surface area contributed by atoms with Crippen molar-refractivity contribution in [1.82, 2.24) is 0 Å². The summed E-state index contributed by atoms with van der Waals surface area (Å²) >= 11 is 0. The molecule has 0 aliphatic rings. The van der Waals surface area contributed by atoms with Crippen LogP contribution in [0.25, 0.3) is 0 Å². The maximum Gasteiger partial charge on any atom is 0 e. The standard InChI is InChI=1S/Ag.Cu.Ni.Ti.W. The van der Waals surface area contributed by atoms with Crippen LogP contribution < -0.4 is 0 Å². The van der Waals surface area contributed by atoms with Crippen LogP contribution in [0.5, 0.6) is 0 Å². The van der Waals surface area contributed by atoms with Crippen molar-refractivity contribution < 1.29 is 98.7 Å². The first-order valence-electron chi connectivity index (χ1n) is 0. The Morgan fingerprint density at radius 2 is 1.00 bits per heavy atom. The van der Waals surface area contributed by atoms with Gasteiger partial charge in [0.05, 0.1) is 0 Å². The van der Waals surface area contributed by atoms with Gasteiger partial charge in [0.2, 0.25) is 0 Å². The van der Waals surface area contributed by atoms with E-state index in [2.05, 4.69) is 0 Å². The van der Waals surface area contributed by atoms with Gasteiger partial charge in [0.1, 0.15) is 0 Å². The van der Waals surface area contributed by atoms with Gasteiger partial charge in [-0.2, -0.15) is 0 Å². The molecular formula is AgCuNiTiW. The summed E-state index contributed by atoms with van der Waals surface area (Å²) < 4.78 is 0. The van der Waals surface area contributed by atoms with Crippen LogP contribution in [0.2, 0.25) is 0 Å². The van der Waals surface area contributed by atoms with Crippen molar-refractivity contribution in [2.24, 2.45) is 0 Å². The van der Waals surface area contributed by atoms with E-state index in [4.69, 9.17) is 0 Å². The van der Waals surface area contributed by atoms with Gasteiger partial charge >= 0.3 is 0 Å². The van der Waals surface area contributed by atoms with Crippen molar-refractivity contribution in [3.8, 4) is 0 Å². The van der Waals surface area contributed by atoms with E-state index in [0.717, 1.165) is 0 Å². The molecule has 0 aliphatic heterocycles. The minimum Gasteiger partial charge on any atom is 0 e. The molecule has 0 N–H and O–H groups in total. The fraction of sp³-hybridized carbons (Fsp3) is 0. The molecule has 5 heteroatoms. The molecule has 0 aromatic heterocycles. The largest absolute Gasteiger partial charge is 0 e. The second kappa shape index (κ2) is 27.2. The maximum absolute atomic E-state index is 0. The van der Waals surface area contributed by atoms with Crippen LogP contribution in [0.1, 0.15) is 0 Å². The van der Waals surface area contributed by atoms with E-state index in [1.807, 2.05) is 0 Å². The molecule has 0 spiro atoms. The smallest absolute Gasteiger partial charge is 0 e. The van der Waals surface area contributed by atoms with Crippen LogP contribution in [0.4, 0.5) is 0 Å². The number of rotatable bonds is 0. The van der Waals surface area contributed by atoms with Crippen molar-refractivity contribution in [2.45, 2.75) is 0 Å². The predicted molar refractivity (Wildman–Crippen MR) is 0 cm³/mol. The molecule has 0 atom stereocenters. The average Bonchev–Trinajstić information content (AvgIpc) is 0. The zero-order valence-electron chi connectivity index (χ0n) is 1.83. The SMILES string of the molecule is [Ag].[Cu].[Ni].[Ti].[W]. The molecule has 0 amide bonds. The van der Waals surface area contributed by atoms with Crippen LogP contribution in [0.3, 0.4) is 0 Å². The molecule has 0 aromatic rings. The zero-order chi connectivity index (χ0) is 0. The first kappa shape index (κ1) is 41.9. The summed E-state index contributed by atoms with van der Waals surface area (Å²) in [6.45, 7) is 0. The third-order valence-corrected chi connectivity index (χ3v) is 0. The van der Waals surface area contributed by atoms with Gasteiger partial charge < -0.3 is 0 Å². The van der Waals surface area contributed by atoms with E-state index in [-0.39, 0.29) is 98.7 Å². The maximum atomic E-state index is 0. The molecule has 0 saturated heterocycles. The van der Waals surface area contributed by atoms with Crippen LogP contribution in [-0.2, 0) is 98.7 Å². The van der Waals surface area contributed by atoms with E-state index >= 15 is 0 Å². The Labute approximate surface area is 97.0 Å². The molecule has 0 aliphatic carbocycles. The summed E-state index contributed by atoms with van der Waals surface area (Å²) in [4.78, 5) is 0. The fourth-order valence-electron chi connectivity index (χ4n) is 0. The van der Waals surface area contributed by atoms with Gasteiger partial charge in [0, 0.05) is 98.7 Å². The Morgan fingerprint density at radius 1 is 1.00 bits per heavy atom. The monoisotopic (exact) mass is 460 g/mol. The van der Waals surface area contributed by atoms with Crippen LogP contribution >= 0.6 is 0 Å². The minimum absolute atomic E-state index is 0. The summed E-state index contributed by atoms with van der Waals surface area (Å²) in [5, 5.41) is 0. The Bertz CT molecular complexity index is 11.6. The van der Waals surface area contributed by atoms with Gasteiger partial charge in [-0.1, -0.05) is 0 Å². The fourth-order valence-corrected chi connectivity index (χ4v) is 0. The molecule has 0 saturated carbocycles. The summed E-state index contributed by atoms with van der Waals surface area (Å²) in [5.41, 5.74) is 0. The summed E-state index contributed by atoms with van der Waals surface area (Å²) in [7, 11) is 0. The summed E-state index contributed by atoms with van der Waals surface area (Å²) in [5.74, 6) is 0. The zero-order valence-corrected chi connectivity index (χ0v) is 9.73. The quantitative estimate of drug-likeness (QED) is 0.445. The van der Waals surface area contributed by atoms with E-state index < -0.39 is 0 Å². The second-order valence-corrected chi connectivity index (χ2v) is 0. The Balaban J connectivity index is 0. The molecular weight excluding hydrogens is 462 g/mol. The van der Waals surface area contributed by atoms with E-state index in [1.54, 1.807) is 0 Å². The van der Waals surface area contributed by atoms with Crippen LogP contribution in [0.15, 0.2) is 0 Å². The molecule has 2 radical (unpaired) electrons. The molecule has 5 heavy (non-hydrogen) atoms. The Hall–Kier alpha value is 3.16. The Morgan fingerprint density at radius 3 is 1.00 bits per heavy atom. The normalized spacial score (nSPS) is 0. The number of hydrogen-bond acceptors (Lipinski definition) is 0. The average molecular weight is 462 g/mol. The van der Waals surface area contributed by atoms with Crippen molar-refractivity contribution in [3.63, 3.8) is 0 Å². The van der Waals surface area contributed by atoms with E-state index in [0.29, 0.717) is 0 Å². The Kier molecular flexibility index (Phi) is 228. The van der Waals surface area contributed by atoms with Gasteiger partial charge in [-0.15, -0.1) is 0 Å². The van der Waals surface area contributed by atoms with Crippen molar-refractivity contribution in [1.29, 1.82) is 0 Å². The first-order chi connectivity index (χ1) is 0. The van der Waals surface area contributed by atoms with Crippen molar-refractivity contribution in [3.05, 3.63) is 0 Å². The summed E-state index contributed by atoms with van der Waals surface area (Å²) in [6, 6.07) is 0. The van der Waals surface area contributed by atoms with Crippen LogP contribution in [-0.4, -0.2) is 0 Å². The van der Waals surface area contributed by atoms with Gasteiger partial charge in [0.25, 0.3) is 0 Å². The topological polar surface area (TPSA) is 0 Å². The number of hydrogen-bond donors (Lipinski definition) is 0. The third kappa shape index (κ3) is 19.1. The van der Waals surface area contributed by atoms with E-state index in [1.165, 1.54) is 0 Å². The second-order valence-electron chi connectivity index (χ2n) is 0. The van der Waals surface area contributed by atoms with Crippen molar-refractivity contribution >= 4 is 0 Å². The van der Waals surface area contributed by atoms with Crippen LogP contribution in [0, 0.1) is 0 Å². The molecule has 0 bridgehead atoms. The molecule has 0 nitrogen and oxygen atoms in total. The molecule has 0 fully saturated rings. The van der Waals surface area contributed by atoms with Gasteiger partial charge in [0.15, 0.2) is 0 Å². The van der Waals surface area contributed by atoms with Crippen molar-refractivity contribution in [2.75, 3.05) is 0 Å². The molecule has 0 heterocycles. The van der Waals surface area contributed by atoms with E-state index in [9.17, 15) is 0 Å². The summed E-state index contributed by atoms with van der Waals surface area (Å²) in [6.07, 6.45) is 0. The van der Waals surface area contributed by atoms with Gasteiger partial charge in [-0.25, -0.2) is 0 Å². The molecule has 0 aromatic carbocycles. The molecule has 0 unspecified atom stereocenters. The third-order valence-electron chi connectivity index (χ3n) is 0. The first-order valence-corrected chi connectivity index (χ1v) is 0. The molecule has 42 valence electrons. The van der Waals surface area contributed by atoms with Gasteiger partial charge in [-0.05, 0) is 0 Å². The van der Waals surface area contributed by atoms with Gasteiger partial charge in [-0.3, -0.25) is 0 Å².